The van der Waals surface area contributed by atoms with Crippen LogP contribution in [0.1, 0.15) is 27.5 Å². The number of hydrogen-bond acceptors (Lipinski definition) is 6. The zero-order valence-corrected chi connectivity index (χ0v) is 20.6. The number of carbonyl (C=O) groups excluding carboxylic acids is 1. The monoisotopic (exact) mass is 521 g/mol. The number of anilines is 1. The summed E-state index contributed by atoms with van der Waals surface area (Å²) in [5.74, 6) is 0.552. The molecule has 2 N–H and O–H groups in total. The van der Waals surface area contributed by atoms with Crippen LogP contribution in [0.5, 0.6) is 5.75 Å². The van der Waals surface area contributed by atoms with Gasteiger partial charge in [0.25, 0.3) is 5.91 Å². The van der Waals surface area contributed by atoms with Gasteiger partial charge in [0, 0.05) is 43.2 Å². The Bertz CT molecular complexity index is 1760. The van der Waals surface area contributed by atoms with Crippen LogP contribution in [0.25, 0.3) is 33.1 Å². The van der Waals surface area contributed by atoms with Crippen LogP contribution < -0.4 is 10.5 Å². The third-order valence-electron chi connectivity index (χ3n) is 7.03. The maximum atomic E-state index is 13.5. The molecule has 12 heteroatoms. The lowest BCUT2D eigenvalue weighted by Gasteiger charge is -2.24. The number of ether oxygens (including phenoxy) is 1. The van der Waals surface area contributed by atoms with Crippen LogP contribution in [0, 0.1) is 0 Å². The summed E-state index contributed by atoms with van der Waals surface area (Å²) in [6.07, 6.45) is -2.09. The molecule has 0 radical (unpaired) electrons. The molecule has 1 atom stereocenters. The minimum absolute atomic E-state index is 0.0522. The van der Waals surface area contributed by atoms with Crippen molar-refractivity contribution in [3.05, 3.63) is 65.5 Å². The molecule has 194 valence electrons. The summed E-state index contributed by atoms with van der Waals surface area (Å²) < 4.78 is 49.2. The molecule has 1 aliphatic rings. The molecule has 9 nitrogen and oxygen atoms in total. The number of halogens is 3. The maximum absolute atomic E-state index is 13.5. The van der Waals surface area contributed by atoms with Crippen LogP contribution in [-0.2, 0) is 20.3 Å². The van der Waals surface area contributed by atoms with E-state index in [9.17, 15) is 18.0 Å². The normalized spacial score (nSPS) is 15.2. The summed E-state index contributed by atoms with van der Waals surface area (Å²) in [7, 11) is 4.93. The van der Waals surface area contributed by atoms with E-state index in [0.717, 1.165) is 17.1 Å². The van der Waals surface area contributed by atoms with Crippen molar-refractivity contribution in [1.82, 2.24) is 29.4 Å². The smallest absolute Gasteiger partial charge is 0.420 e. The Morgan fingerprint density at radius 2 is 1.84 bits per heavy atom. The van der Waals surface area contributed by atoms with Crippen molar-refractivity contribution in [2.45, 2.75) is 12.2 Å². The van der Waals surface area contributed by atoms with Crippen molar-refractivity contribution in [3.8, 4) is 17.0 Å². The Hall–Kier alpha value is -4.61. The molecule has 38 heavy (non-hydrogen) atoms. The van der Waals surface area contributed by atoms with Crippen molar-refractivity contribution < 1.29 is 22.7 Å². The molecule has 0 bridgehead atoms. The number of aryl methyl sites for hydroxylation is 2. The molecule has 0 saturated heterocycles. The number of benzene rings is 2. The summed E-state index contributed by atoms with van der Waals surface area (Å²) in [6, 6.07) is 9.64. The third-order valence-corrected chi connectivity index (χ3v) is 7.03. The molecule has 0 saturated carbocycles. The van der Waals surface area contributed by atoms with Crippen LogP contribution >= 0.6 is 0 Å². The Balaban J connectivity index is 1.33. The van der Waals surface area contributed by atoms with E-state index < -0.39 is 17.8 Å². The molecule has 0 aliphatic carbocycles. The van der Waals surface area contributed by atoms with Gasteiger partial charge in [-0.25, -0.2) is 4.98 Å². The summed E-state index contributed by atoms with van der Waals surface area (Å²) in [5, 5.41) is 9.51. The molecule has 2 aromatic carbocycles. The van der Waals surface area contributed by atoms with Crippen molar-refractivity contribution in [2.75, 3.05) is 19.4 Å². The highest BCUT2D eigenvalue weighted by molar-refractivity contribution is 6.10. The lowest BCUT2D eigenvalue weighted by atomic mass is 10.0. The lowest BCUT2D eigenvalue weighted by Crippen LogP contribution is -2.32. The van der Waals surface area contributed by atoms with E-state index in [4.69, 9.17) is 10.5 Å². The highest BCUT2D eigenvalue weighted by Gasteiger charge is 2.37. The largest absolute Gasteiger partial charge is 0.491 e. The molecular weight excluding hydrogens is 499 g/mol. The van der Waals surface area contributed by atoms with Gasteiger partial charge in [-0.05, 0) is 24.3 Å². The minimum atomic E-state index is -4.54. The Morgan fingerprint density at radius 1 is 1.08 bits per heavy atom. The van der Waals surface area contributed by atoms with Gasteiger partial charge < -0.3 is 15.4 Å². The molecule has 6 rings (SSSR count). The van der Waals surface area contributed by atoms with Gasteiger partial charge in [-0.3, -0.25) is 14.2 Å². The lowest BCUT2D eigenvalue weighted by molar-refractivity contribution is -0.137. The van der Waals surface area contributed by atoms with Gasteiger partial charge in [0.2, 0.25) is 0 Å². The minimum Gasteiger partial charge on any atom is -0.491 e. The number of fused-ring (bicyclic) bond motifs is 4. The standard InChI is InChI=1S/C26H22F3N7O2/c1-34(25(37)14-5-7-19-16(8-14)23-17(24(30)33-19)10-31-36(23)3)20-12-38-21-9-13(4-6-15(20)21)22-18(26(27,28)29)11-32-35(22)2/h4-11,20H,12H2,1-3H3,(H2,30,33)/t20-/m1/s1. The second-order valence-electron chi connectivity index (χ2n) is 9.28. The topological polar surface area (TPSA) is 104 Å². The third kappa shape index (κ3) is 3.55. The fourth-order valence-electron chi connectivity index (χ4n) is 5.08. The summed E-state index contributed by atoms with van der Waals surface area (Å²) in [4.78, 5) is 19.5. The quantitative estimate of drug-likeness (QED) is 0.379. The highest BCUT2D eigenvalue weighted by Crippen LogP contribution is 2.42. The van der Waals surface area contributed by atoms with Crippen molar-refractivity contribution >= 4 is 33.5 Å². The van der Waals surface area contributed by atoms with E-state index >= 15 is 0 Å². The number of amides is 1. The first-order valence-corrected chi connectivity index (χ1v) is 11.7. The van der Waals surface area contributed by atoms with Gasteiger partial charge in [0.15, 0.2) is 0 Å². The van der Waals surface area contributed by atoms with Crippen LogP contribution in [-0.4, -0.2) is 49.0 Å². The van der Waals surface area contributed by atoms with Crippen LogP contribution in [0.2, 0.25) is 0 Å². The highest BCUT2D eigenvalue weighted by atomic mass is 19.4. The Kier molecular flexibility index (Phi) is 5.13. The maximum Gasteiger partial charge on any atom is 0.420 e. The van der Waals surface area contributed by atoms with Crippen LogP contribution in [0.4, 0.5) is 19.0 Å². The van der Waals surface area contributed by atoms with Gasteiger partial charge in [-0.1, -0.05) is 12.1 Å². The van der Waals surface area contributed by atoms with Crippen molar-refractivity contribution in [3.63, 3.8) is 0 Å². The first kappa shape index (κ1) is 23.8. The molecule has 4 heterocycles. The number of carbonyl (C=O) groups is 1. The number of pyridine rings is 1. The van der Waals surface area contributed by atoms with Crippen molar-refractivity contribution in [2.24, 2.45) is 14.1 Å². The van der Waals surface area contributed by atoms with E-state index in [1.807, 2.05) is 0 Å². The summed E-state index contributed by atoms with van der Waals surface area (Å²) in [6.45, 7) is 0.177. The van der Waals surface area contributed by atoms with Gasteiger partial charge >= 0.3 is 6.18 Å². The van der Waals surface area contributed by atoms with Gasteiger partial charge in [-0.2, -0.15) is 23.4 Å². The van der Waals surface area contributed by atoms with E-state index in [-0.39, 0.29) is 18.2 Å². The first-order valence-electron chi connectivity index (χ1n) is 11.7. The summed E-state index contributed by atoms with van der Waals surface area (Å²) in [5.41, 5.74) is 8.11. The average molecular weight is 522 g/mol. The molecule has 1 amide bonds. The molecule has 1 aliphatic heterocycles. The molecular formula is C26H22F3N7O2. The molecule has 0 spiro atoms. The number of hydrogen-bond donors (Lipinski definition) is 1. The van der Waals surface area contributed by atoms with Crippen LogP contribution in [0.3, 0.4) is 0 Å². The van der Waals surface area contributed by atoms with E-state index in [1.165, 1.54) is 11.7 Å². The number of alkyl halides is 3. The number of aromatic nitrogens is 5. The SMILES string of the molecule is CN(C(=O)c1ccc2nc(N)c3cnn(C)c3c2c1)[C@@H]1COc2cc(-c3c(C(F)(F)F)cnn3C)ccc21. The second kappa shape index (κ2) is 8.20. The van der Waals surface area contributed by atoms with E-state index in [0.29, 0.717) is 39.2 Å². The van der Waals surface area contributed by atoms with Crippen LogP contribution in [0.15, 0.2) is 48.8 Å². The fraction of sp³-hybridized carbons (Fsp3) is 0.231. The first-order chi connectivity index (χ1) is 18.0. The molecule has 5 aromatic rings. The number of nitrogen functional groups attached to an aromatic ring is 1. The number of nitrogens with two attached hydrogens (primary N) is 1. The zero-order chi connectivity index (χ0) is 26.9. The average Bonchev–Trinajstić information content (AvgIpc) is 3.59. The molecule has 0 unspecified atom stereocenters. The predicted octanol–water partition coefficient (Wildman–Crippen LogP) is 4.33. The zero-order valence-electron chi connectivity index (χ0n) is 20.6. The molecule has 3 aromatic heterocycles. The summed E-state index contributed by atoms with van der Waals surface area (Å²) >= 11 is 0. The predicted molar refractivity (Wildman–Crippen MR) is 134 cm³/mol. The Labute approximate surface area is 214 Å². The fourth-order valence-corrected chi connectivity index (χ4v) is 5.08. The van der Waals surface area contributed by atoms with E-state index in [1.54, 1.807) is 66.3 Å². The van der Waals surface area contributed by atoms with Crippen molar-refractivity contribution in [1.29, 1.82) is 0 Å². The number of likely N-dealkylation sites (N-methyl/N-ethyl adjacent to an activating group) is 1. The molecule has 0 fully saturated rings. The Morgan fingerprint density at radius 3 is 2.61 bits per heavy atom. The number of rotatable bonds is 3. The van der Waals surface area contributed by atoms with E-state index in [2.05, 4.69) is 15.2 Å². The number of nitrogens with zero attached hydrogens (tertiary/aromatic N) is 6. The van der Waals surface area contributed by atoms with Gasteiger partial charge in [-0.15, -0.1) is 0 Å². The van der Waals surface area contributed by atoms with Gasteiger partial charge in [0.1, 0.15) is 23.7 Å². The second-order valence-corrected chi connectivity index (χ2v) is 9.28. The van der Waals surface area contributed by atoms with Gasteiger partial charge in [0.05, 0.1) is 40.5 Å².